The van der Waals surface area contributed by atoms with Gasteiger partial charge in [0.1, 0.15) is 5.75 Å². The molecular formula is C18H24N2O2. The molecule has 0 fully saturated rings. The quantitative estimate of drug-likeness (QED) is 0.799. The van der Waals surface area contributed by atoms with E-state index in [0.29, 0.717) is 6.54 Å². The van der Waals surface area contributed by atoms with Gasteiger partial charge in [0.2, 0.25) is 0 Å². The van der Waals surface area contributed by atoms with E-state index in [9.17, 15) is 4.79 Å². The standard InChI is InChI=1S/C18H24N2O2/c1-4-5-10-19-12-15-13-20(14(2)11-17(15)21)16-8-6-7-9-18(16)22-3/h6-9,11,13,19H,4-5,10,12H2,1-3H3. The SMILES string of the molecule is CCCCNCc1cn(-c2ccccc2OC)c(C)cc1=O. The Morgan fingerprint density at radius 2 is 2.05 bits per heavy atom. The van der Waals surface area contributed by atoms with Crippen molar-refractivity contribution in [1.29, 1.82) is 0 Å². The first-order chi connectivity index (χ1) is 10.7. The Bertz CT molecular complexity index is 677. The van der Waals surface area contributed by atoms with Crippen LogP contribution in [-0.4, -0.2) is 18.2 Å². The zero-order chi connectivity index (χ0) is 15.9. The van der Waals surface area contributed by atoms with E-state index in [4.69, 9.17) is 4.74 Å². The molecule has 0 spiro atoms. The summed E-state index contributed by atoms with van der Waals surface area (Å²) in [4.78, 5) is 12.2. The number of methoxy groups -OCH3 is 1. The topological polar surface area (TPSA) is 43.3 Å². The predicted octanol–water partition coefficient (Wildman–Crippen LogP) is 3.04. The van der Waals surface area contributed by atoms with E-state index in [1.165, 1.54) is 0 Å². The highest BCUT2D eigenvalue weighted by molar-refractivity contribution is 5.48. The van der Waals surface area contributed by atoms with E-state index < -0.39 is 0 Å². The lowest BCUT2D eigenvalue weighted by Crippen LogP contribution is -2.22. The average molecular weight is 300 g/mol. The van der Waals surface area contributed by atoms with E-state index in [0.717, 1.165) is 42.1 Å². The first-order valence-corrected chi connectivity index (χ1v) is 7.73. The minimum atomic E-state index is 0.0765. The second-order valence-corrected chi connectivity index (χ2v) is 5.38. The summed E-state index contributed by atoms with van der Waals surface area (Å²) in [6.45, 7) is 5.61. The van der Waals surface area contributed by atoms with E-state index in [-0.39, 0.29) is 5.43 Å². The third-order valence-corrected chi connectivity index (χ3v) is 3.69. The lowest BCUT2D eigenvalue weighted by atomic mass is 10.2. The molecule has 0 saturated heterocycles. The molecule has 2 aromatic rings. The minimum Gasteiger partial charge on any atom is -0.495 e. The fourth-order valence-corrected chi connectivity index (χ4v) is 2.42. The molecule has 4 nitrogen and oxygen atoms in total. The normalized spacial score (nSPS) is 10.7. The number of hydrogen-bond donors (Lipinski definition) is 1. The summed E-state index contributed by atoms with van der Waals surface area (Å²) in [6, 6.07) is 9.50. The van der Waals surface area contributed by atoms with Gasteiger partial charge in [0.25, 0.3) is 0 Å². The number of rotatable bonds is 7. The highest BCUT2D eigenvalue weighted by Crippen LogP contribution is 2.23. The smallest absolute Gasteiger partial charge is 0.186 e. The molecule has 2 rings (SSSR count). The molecule has 1 heterocycles. The Kier molecular flexibility index (Phi) is 5.78. The Morgan fingerprint density at radius 1 is 1.27 bits per heavy atom. The minimum absolute atomic E-state index is 0.0765. The molecule has 0 aliphatic carbocycles. The summed E-state index contributed by atoms with van der Waals surface area (Å²) in [5.74, 6) is 0.791. The van der Waals surface area contributed by atoms with Crippen LogP contribution in [0.5, 0.6) is 5.75 Å². The molecule has 0 amide bonds. The van der Waals surface area contributed by atoms with Crippen LogP contribution in [0.2, 0.25) is 0 Å². The molecule has 0 saturated carbocycles. The van der Waals surface area contributed by atoms with Crippen LogP contribution in [0.4, 0.5) is 0 Å². The predicted molar refractivity (Wildman–Crippen MR) is 89.9 cm³/mol. The third kappa shape index (κ3) is 3.77. The number of ether oxygens (including phenoxy) is 1. The van der Waals surface area contributed by atoms with Crippen molar-refractivity contribution in [2.75, 3.05) is 13.7 Å². The van der Waals surface area contributed by atoms with Crippen LogP contribution in [0.1, 0.15) is 31.0 Å². The van der Waals surface area contributed by atoms with Gasteiger partial charge in [-0.25, -0.2) is 0 Å². The molecule has 0 bridgehead atoms. The average Bonchev–Trinajstić information content (AvgIpc) is 2.53. The molecule has 1 N–H and O–H groups in total. The first kappa shape index (κ1) is 16.3. The number of aryl methyl sites for hydroxylation is 1. The number of hydrogen-bond acceptors (Lipinski definition) is 3. The molecule has 0 radical (unpaired) electrons. The number of unbranched alkanes of at least 4 members (excludes halogenated alkanes) is 1. The van der Waals surface area contributed by atoms with Gasteiger partial charge in [-0.1, -0.05) is 25.5 Å². The molecular weight excluding hydrogens is 276 g/mol. The van der Waals surface area contributed by atoms with Gasteiger partial charge in [0.15, 0.2) is 5.43 Å². The van der Waals surface area contributed by atoms with E-state index in [1.54, 1.807) is 13.2 Å². The largest absolute Gasteiger partial charge is 0.495 e. The zero-order valence-electron chi connectivity index (χ0n) is 13.6. The maximum absolute atomic E-state index is 12.2. The maximum Gasteiger partial charge on any atom is 0.186 e. The van der Waals surface area contributed by atoms with Gasteiger partial charge in [-0.15, -0.1) is 0 Å². The van der Waals surface area contributed by atoms with E-state index in [2.05, 4.69) is 12.2 Å². The van der Waals surface area contributed by atoms with Crippen molar-refractivity contribution in [3.05, 3.63) is 58.0 Å². The van der Waals surface area contributed by atoms with Gasteiger partial charge < -0.3 is 14.6 Å². The van der Waals surface area contributed by atoms with Crippen LogP contribution < -0.4 is 15.5 Å². The molecule has 0 aliphatic heterocycles. The number of benzene rings is 1. The summed E-state index contributed by atoms with van der Waals surface area (Å²) < 4.78 is 7.43. The Morgan fingerprint density at radius 3 is 2.77 bits per heavy atom. The Balaban J connectivity index is 2.34. The van der Waals surface area contributed by atoms with Gasteiger partial charge in [0.05, 0.1) is 12.8 Å². The number of para-hydroxylation sites is 2. The summed E-state index contributed by atoms with van der Waals surface area (Å²) in [5, 5.41) is 3.33. The van der Waals surface area contributed by atoms with Crippen LogP contribution >= 0.6 is 0 Å². The second kappa shape index (κ2) is 7.80. The van der Waals surface area contributed by atoms with Crippen LogP contribution in [0.25, 0.3) is 5.69 Å². The third-order valence-electron chi connectivity index (χ3n) is 3.69. The molecule has 1 aromatic heterocycles. The molecule has 0 atom stereocenters. The summed E-state index contributed by atoms with van der Waals surface area (Å²) in [5.41, 5.74) is 2.68. The molecule has 1 aromatic carbocycles. The number of nitrogens with one attached hydrogen (secondary N) is 1. The van der Waals surface area contributed by atoms with Crippen molar-refractivity contribution in [2.24, 2.45) is 0 Å². The van der Waals surface area contributed by atoms with E-state index >= 15 is 0 Å². The number of pyridine rings is 1. The summed E-state index contributed by atoms with van der Waals surface area (Å²) >= 11 is 0. The highest BCUT2D eigenvalue weighted by atomic mass is 16.5. The first-order valence-electron chi connectivity index (χ1n) is 7.73. The fraction of sp³-hybridized carbons (Fsp3) is 0.389. The van der Waals surface area contributed by atoms with Gasteiger partial charge in [-0.2, -0.15) is 0 Å². The molecule has 0 unspecified atom stereocenters. The lowest BCUT2D eigenvalue weighted by Gasteiger charge is -2.16. The Hall–Kier alpha value is -2.07. The van der Waals surface area contributed by atoms with Crippen molar-refractivity contribution in [2.45, 2.75) is 33.2 Å². The van der Waals surface area contributed by atoms with Crippen molar-refractivity contribution < 1.29 is 4.74 Å². The lowest BCUT2D eigenvalue weighted by molar-refractivity contribution is 0.412. The molecule has 0 aliphatic rings. The van der Waals surface area contributed by atoms with Crippen molar-refractivity contribution in [3.8, 4) is 11.4 Å². The van der Waals surface area contributed by atoms with Gasteiger partial charge in [-0.05, 0) is 32.0 Å². The highest BCUT2D eigenvalue weighted by Gasteiger charge is 2.09. The van der Waals surface area contributed by atoms with E-state index in [1.807, 2.05) is 42.0 Å². The van der Waals surface area contributed by atoms with Crippen LogP contribution in [0.3, 0.4) is 0 Å². The monoisotopic (exact) mass is 300 g/mol. The number of aromatic nitrogens is 1. The van der Waals surface area contributed by atoms with Crippen molar-refractivity contribution in [3.63, 3.8) is 0 Å². The van der Waals surface area contributed by atoms with Crippen molar-refractivity contribution >= 4 is 0 Å². The summed E-state index contributed by atoms with van der Waals surface area (Å²) in [7, 11) is 1.66. The molecule has 118 valence electrons. The van der Waals surface area contributed by atoms with Gasteiger partial charge in [0, 0.05) is 30.1 Å². The Labute approximate surface area is 131 Å². The second-order valence-electron chi connectivity index (χ2n) is 5.38. The van der Waals surface area contributed by atoms with Gasteiger partial charge >= 0.3 is 0 Å². The number of nitrogens with zero attached hydrogens (tertiary/aromatic N) is 1. The van der Waals surface area contributed by atoms with Crippen LogP contribution in [0, 0.1) is 6.92 Å². The summed E-state index contributed by atoms with van der Waals surface area (Å²) in [6.07, 6.45) is 4.17. The zero-order valence-corrected chi connectivity index (χ0v) is 13.6. The van der Waals surface area contributed by atoms with Crippen LogP contribution in [-0.2, 0) is 6.54 Å². The van der Waals surface area contributed by atoms with Crippen LogP contribution in [0.15, 0.2) is 41.3 Å². The maximum atomic E-state index is 12.2. The van der Waals surface area contributed by atoms with Gasteiger partial charge in [-0.3, -0.25) is 4.79 Å². The fourth-order valence-electron chi connectivity index (χ4n) is 2.42. The molecule has 4 heteroatoms. The molecule has 22 heavy (non-hydrogen) atoms. The van der Waals surface area contributed by atoms with Crippen molar-refractivity contribution in [1.82, 2.24) is 9.88 Å².